The molecule has 5 rings (SSSR count). The smallest absolute Gasteiger partial charge is 0.352 e. The fraction of sp³-hybridized carbons (Fsp3) is 0.500. The quantitative estimate of drug-likeness (QED) is 0.874. The topological polar surface area (TPSA) is 84.5 Å². The summed E-state index contributed by atoms with van der Waals surface area (Å²) in [7, 11) is 0. The molecule has 0 bridgehead atoms. The van der Waals surface area contributed by atoms with Crippen LogP contribution in [0.5, 0.6) is 0 Å². The molecule has 0 radical (unpaired) electrons. The third-order valence-corrected chi connectivity index (χ3v) is 5.77. The van der Waals surface area contributed by atoms with E-state index in [1.165, 1.54) is 11.1 Å². The highest BCUT2D eigenvalue weighted by Crippen LogP contribution is 2.29. The van der Waals surface area contributed by atoms with Crippen molar-refractivity contribution in [2.75, 3.05) is 18.0 Å². The van der Waals surface area contributed by atoms with Crippen LogP contribution in [-0.2, 0) is 11.3 Å². The molecule has 2 aromatic rings. The van der Waals surface area contributed by atoms with Crippen LogP contribution in [-0.4, -0.2) is 45.2 Å². The number of aromatic nitrogens is 3. The summed E-state index contributed by atoms with van der Waals surface area (Å²) in [5.41, 5.74) is 1.42. The van der Waals surface area contributed by atoms with Crippen LogP contribution < -0.4 is 15.9 Å². The molecule has 1 aromatic heterocycles. The molecule has 1 saturated carbocycles. The average Bonchev–Trinajstić information content (AvgIpc) is 3.05. The van der Waals surface area contributed by atoms with E-state index in [1.54, 1.807) is 4.57 Å². The van der Waals surface area contributed by atoms with Gasteiger partial charge in [0, 0.05) is 24.7 Å². The maximum Gasteiger partial charge on any atom is 0.352 e. The van der Waals surface area contributed by atoms with E-state index in [2.05, 4.69) is 15.4 Å². The van der Waals surface area contributed by atoms with Crippen molar-refractivity contribution in [3.63, 3.8) is 0 Å². The molecule has 0 spiro atoms. The number of carbonyl (C=O) groups excluding carboxylic acids is 1. The number of amides is 1. The van der Waals surface area contributed by atoms with Crippen LogP contribution in [0.25, 0.3) is 5.69 Å². The van der Waals surface area contributed by atoms with Gasteiger partial charge in [-0.15, -0.1) is 5.10 Å². The first-order valence-corrected chi connectivity index (χ1v) is 10.1. The number of para-hydroxylation sites is 1. The number of amidine groups is 1. The van der Waals surface area contributed by atoms with Crippen LogP contribution in [0.3, 0.4) is 0 Å². The number of fused-ring (bicyclic) bond motifs is 6. The number of carbonyl (C=O) groups is 1. The van der Waals surface area contributed by atoms with Gasteiger partial charge in [-0.1, -0.05) is 31.4 Å². The van der Waals surface area contributed by atoms with Crippen LogP contribution in [0.4, 0.5) is 5.95 Å². The lowest BCUT2D eigenvalue weighted by molar-refractivity contribution is -0.122. The number of rotatable bonds is 3. The second-order valence-corrected chi connectivity index (χ2v) is 7.71. The predicted octanol–water partition coefficient (Wildman–Crippen LogP) is 1.45. The molecule has 28 heavy (non-hydrogen) atoms. The maximum absolute atomic E-state index is 13.1. The second kappa shape index (κ2) is 6.92. The van der Waals surface area contributed by atoms with Crippen molar-refractivity contribution in [3.05, 3.63) is 40.3 Å². The van der Waals surface area contributed by atoms with Crippen LogP contribution in [0.2, 0.25) is 0 Å². The van der Waals surface area contributed by atoms with Crippen LogP contribution in [0, 0.1) is 0 Å². The number of hydrogen-bond acceptors (Lipinski definition) is 5. The van der Waals surface area contributed by atoms with Crippen molar-refractivity contribution >= 4 is 17.7 Å². The van der Waals surface area contributed by atoms with Gasteiger partial charge in [0.05, 0.1) is 5.69 Å². The van der Waals surface area contributed by atoms with Crippen LogP contribution in [0.15, 0.2) is 34.1 Å². The molecule has 0 unspecified atom stereocenters. The van der Waals surface area contributed by atoms with Crippen molar-refractivity contribution in [2.45, 2.75) is 51.1 Å². The first-order valence-electron chi connectivity index (χ1n) is 10.1. The number of benzene rings is 1. The van der Waals surface area contributed by atoms with Gasteiger partial charge in [0.25, 0.3) is 0 Å². The van der Waals surface area contributed by atoms with Crippen molar-refractivity contribution in [2.24, 2.45) is 4.99 Å². The fourth-order valence-electron chi connectivity index (χ4n) is 4.43. The molecule has 3 heterocycles. The molecule has 1 amide bonds. The van der Waals surface area contributed by atoms with E-state index in [0.29, 0.717) is 5.95 Å². The first kappa shape index (κ1) is 17.2. The third-order valence-electron chi connectivity index (χ3n) is 5.77. The van der Waals surface area contributed by atoms with Crippen LogP contribution >= 0.6 is 0 Å². The lowest BCUT2D eigenvalue weighted by Crippen LogP contribution is -2.43. The van der Waals surface area contributed by atoms with E-state index in [4.69, 9.17) is 0 Å². The molecule has 8 heteroatoms. The number of nitrogens with one attached hydrogen (secondary N) is 1. The molecule has 0 atom stereocenters. The fourth-order valence-corrected chi connectivity index (χ4v) is 4.43. The van der Waals surface area contributed by atoms with Crippen molar-refractivity contribution < 1.29 is 4.79 Å². The maximum atomic E-state index is 13.1. The summed E-state index contributed by atoms with van der Waals surface area (Å²) >= 11 is 0. The largest absolute Gasteiger partial charge is 0.352 e. The molecule has 146 valence electrons. The number of aliphatic imine (C=N–C) groups is 1. The zero-order valence-corrected chi connectivity index (χ0v) is 15.8. The Morgan fingerprint density at radius 1 is 1.14 bits per heavy atom. The van der Waals surface area contributed by atoms with E-state index in [1.807, 2.05) is 29.2 Å². The molecule has 0 saturated heterocycles. The molecule has 1 N–H and O–H groups in total. The molecule has 8 nitrogen and oxygen atoms in total. The lowest BCUT2D eigenvalue weighted by Gasteiger charge is -2.33. The van der Waals surface area contributed by atoms with Crippen molar-refractivity contribution in [1.29, 1.82) is 0 Å². The Kier molecular flexibility index (Phi) is 4.26. The monoisotopic (exact) mass is 380 g/mol. The summed E-state index contributed by atoms with van der Waals surface area (Å²) in [5, 5.41) is 7.58. The third kappa shape index (κ3) is 2.83. The summed E-state index contributed by atoms with van der Waals surface area (Å²) in [5.74, 6) is 1.26. The molecule has 2 aliphatic heterocycles. The molecule has 1 fully saturated rings. The summed E-state index contributed by atoms with van der Waals surface area (Å²) in [4.78, 5) is 32.3. The minimum absolute atomic E-state index is 0.0577. The highest BCUT2D eigenvalue weighted by molar-refractivity contribution is 6.13. The zero-order chi connectivity index (χ0) is 19.1. The molecule has 1 aromatic carbocycles. The van der Waals surface area contributed by atoms with Crippen molar-refractivity contribution in [3.8, 4) is 5.69 Å². The van der Waals surface area contributed by atoms with E-state index in [-0.39, 0.29) is 24.2 Å². The number of hydrogen-bond donors (Lipinski definition) is 1. The Morgan fingerprint density at radius 3 is 2.82 bits per heavy atom. The Morgan fingerprint density at radius 2 is 1.96 bits per heavy atom. The van der Waals surface area contributed by atoms with Gasteiger partial charge < -0.3 is 5.32 Å². The highest BCUT2D eigenvalue weighted by atomic mass is 16.2. The van der Waals surface area contributed by atoms with Gasteiger partial charge in [-0.3, -0.25) is 14.7 Å². The van der Waals surface area contributed by atoms with Gasteiger partial charge in [-0.2, -0.15) is 0 Å². The minimum atomic E-state index is -0.286. The second-order valence-electron chi connectivity index (χ2n) is 7.71. The van der Waals surface area contributed by atoms with Gasteiger partial charge in [-0.25, -0.2) is 14.0 Å². The molecule has 3 aliphatic rings. The summed E-state index contributed by atoms with van der Waals surface area (Å²) < 4.78 is 2.88. The SMILES string of the molecule is O=C(Cn1nc2n(c1=O)-c1ccccc1C1=NCCCN12)NC1CCCCC1. The van der Waals surface area contributed by atoms with Crippen molar-refractivity contribution in [1.82, 2.24) is 19.7 Å². The number of nitrogens with zero attached hydrogens (tertiary/aromatic N) is 5. The Hall–Kier alpha value is -2.90. The average molecular weight is 380 g/mol. The van der Waals surface area contributed by atoms with Gasteiger partial charge in [0.2, 0.25) is 11.9 Å². The molecule has 1 aliphatic carbocycles. The van der Waals surface area contributed by atoms with Gasteiger partial charge in [0.1, 0.15) is 12.4 Å². The van der Waals surface area contributed by atoms with E-state index >= 15 is 0 Å². The van der Waals surface area contributed by atoms with Gasteiger partial charge >= 0.3 is 5.69 Å². The summed E-state index contributed by atoms with van der Waals surface area (Å²) in [6, 6.07) is 7.96. The molecular weight excluding hydrogens is 356 g/mol. The van der Waals surface area contributed by atoms with E-state index < -0.39 is 0 Å². The summed E-state index contributed by atoms with van der Waals surface area (Å²) in [6.45, 7) is 1.48. The summed E-state index contributed by atoms with van der Waals surface area (Å²) in [6.07, 6.45) is 6.48. The first-order chi connectivity index (χ1) is 13.7. The van der Waals surface area contributed by atoms with Crippen LogP contribution in [0.1, 0.15) is 44.1 Å². The number of anilines is 1. The predicted molar refractivity (Wildman–Crippen MR) is 106 cm³/mol. The normalized spacial score (nSPS) is 18.7. The van der Waals surface area contributed by atoms with Gasteiger partial charge in [0.15, 0.2) is 0 Å². The highest BCUT2D eigenvalue weighted by Gasteiger charge is 2.33. The Balaban J connectivity index is 1.48. The Bertz CT molecular complexity index is 998. The lowest BCUT2D eigenvalue weighted by atomic mass is 9.95. The molecular formula is C20H24N6O2. The Labute approximate surface area is 162 Å². The van der Waals surface area contributed by atoms with E-state index in [0.717, 1.165) is 62.3 Å². The minimum Gasteiger partial charge on any atom is -0.352 e. The van der Waals surface area contributed by atoms with Gasteiger partial charge in [-0.05, 0) is 31.4 Å². The van der Waals surface area contributed by atoms with E-state index in [9.17, 15) is 9.59 Å². The zero-order valence-electron chi connectivity index (χ0n) is 15.8. The standard InChI is InChI=1S/C20H24N6O2/c27-17(22-14-7-2-1-3-8-14)13-25-20(28)26-16-10-5-4-9-15(16)18-21-11-6-12-24(18)19(26)23-25/h4-5,9-10,14H,1-3,6-8,11-13H2,(H,22,27).